The second kappa shape index (κ2) is 11.1. The Morgan fingerprint density at radius 3 is 2.57 bits per heavy atom. The highest BCUT2D eigenvalue weighted by Gasteiger charge is 2.52. The van der Waals surface area contributed by atoms with Crippen molar-refractivity contribution in [1.82, 2.24) is 29.1 Å². The van der Waals surface area contributed by atoms with Crippen molar-refractivity contribution in [1.29, 1.82) is 0 Å². The number of carbonyl (C=O) groups is 1. The summed E-state index contributed by atoms with van der Waals surface area (Å²) in [5.41, 5.74) is 5.17. The van der Waals surface area contributed by atoms with Gasteiger partial charge in [0.2, 0.25) is 5.95 Å². The van der Waals surface area contributed by atoms with Crippen molar-refractivity contribution in [3.63, 3.8) is 0 Å². The first-order valence-corrected chi connectivity index (χ1v) is 18.4. The first-order valence-electron chi connectivity index (χ1n) is 13.0. The van der Waals surface area contributed by atoms with Gasteiger partial charge in [-0.1, -0.05) is 24.5 Å². The van der Waals surface area contributed by atoms with Gasteiger partial charge in [-0.05, 0) is 0 Å². The zero-order valence-corrected chi connectivity index (χ0v) is 25.7. The number of aliphatic imine (C=N–C) groups is 1. The molecule has 7 heterocycles. The van der Waals surface area contributed by atoms with Crippen LogP contribution in [0.5, 0.6) is 0 Å². The number of fused-ring (bicyclic) bond motifs is 5. The van der Waals surface area contributed by atoms with Gasteiger partial charge >= 0.3 is 13.6 Å². The van der Waals surface area contributed by atoms with Gasteiger partial charge in [-0.15, -0.1) is 0 Å². The lowest BCUT2D eigenvalue weighted by molar-refractivity contribution is -0.0563. The van der Waals surface area contributed by atoms with Crippen LogP contribution < -0.4 is 11.3 Å². The summed E-state index contributed by atoms with van der Waals surface area (Å²) in [6.07, 6.45) is -5.48. The highest BCUT2D eigenvalue weighted by atomic mass is 32.7. The molecular formula is C21H23FN8O10P2S2. The molecule has 9 atom stereocenters. The number of hydrogen-bond acceptors (Lipinski definition) is 15. The molecule has 4 aliphatic rings. The van der Waals surface area contributed by atoms with E-state index in [2.05, 4.69) is 49.4 Å². The predicted molar refractivity (Wildman–Crippen MR) is 154 cm³/mol. The summed E-state index contributed by atoms with van der Waals surface area (Å²) in [5.74, 6) is -0.416. The van der Waals surface area contributed by atoms with Crippen LogP contribution in [0.1, 0.15) is 35.8 Å². The Morgan fingerprint density at radius 2 is 1.75 bits per heavy atom. The Balaban J connectivity index is 1.18. The van der Waals surface area contributed by atoms with E-state index in [4.69, 9.17) is 33.3 Å². The molecule has 3 N–H and O–H groups in total. The number of H-pyrrole nitrogens is 1. The predicted octanol–water partition coefficient (Wildman–Crippen LogP) is 2.30. The quantitative estimate of drug-likeness (QED) is 0.223. The van der Waals surface area contributed by atoms with Crippen LogP contribution in [0.25, 0.3) is 11.2 Å². The third-order valence-electron chi connectivity index (χ3n) is 7.28. The minimum absolute atomic E-state index is 0.0207. The molecule has 3 fully saturated rings. The van der Waals surface area contributed by atoms with Crippen LogP contribution in [-0.2, 0) is 36.7 Å². The Hall–Kier alpha value is -2.45. The molecule has 0 aliphatic carbocycles. The van der Waals surface area contributed by atoms with Crippen LogP contribution in [0.4, 0.5) is 16.2 Å². The number of Topliss-reactive ketones (excluding diaryl/α,β-unsaturated/α-hetero) is 1. The molecule has 3 saturated heterocycles. The summed E-state index contributed by atoms with van der Waals surface area (Å²) in [4.78, 5) is 43.2. The number of nitrogens with zero attached hydrogens (tertiary/aromatic N) is 6. The summed E-state index contributed by atoms with van der Waals surface area (Å²) >= 11 is 8.13. The Morgan fingerprint density at radius 1 is 1.00 bits per heavy atom. The molecule has 7 rings (SSSR count). The van der Waals surface area contributed by atoms with Crippen LogP contribution in [0.15, 0.2) is 22.4 Å². The molecule has 0 aromatic carbocycles. The number of carbonyl (C=O) groups excluding carboxylic acids is 1. The van der Waals surface area contributed by atoms with E-state index >= 15 is 4.39 Å². The van der Waals surface area contributed by atoms with Crippen molar-refractivity contribution in [2.24, 2.45) is 4.99 Å². The van der Waals surface area contributed by atoms with Gasteiger partial charge in [0.1, 0.15) is 18.3 Å². The molecular weight excluding hydrogens is 669 g/mol. The lowest BCUT2D eigenvalue weighted by Crippen LogP contribution is -2.33. The summed E-state index contributed by atoms with van der Waals surface area (Å²) in [7, 11) is 0. The topological polar surface area (TPSA) is 226 Å². The standard InChI is InChI=1S/C21H23FN8O10P2S2/c22-12-15-11(38-20(12)29-6-25-13-9(31)1-2-24-16(13)29)5-36-41(33,43)39-10-3-8(4-35-42(34,44)40-15)37-19(10)30-7-26-14-17(30)27-21(23)28-18(14)32/h2,6-8,10-12,15,19-20H,1,3-5H2,(H,33,43)(H,34,44)(H3,23,27,28,32)/t8-,10+,11+,12-,15+,19+,20+,41?,42?/m0/s1. The number of nitrogens with one attached hydrogen (secondary N) is 1. The molecule has 0 radical (unpaired) electrons. The number of nitrogen functional groups attached to an aromatic ring is 1. The van der Waals surface area contributed by atoms with Crippen molar-refractivity contribution in [3.8, 4) is 0 Å². The molecule has 2 unspecified atom stereocenters. The fourth-order valence-corrected chi connectivity index (χ4v) is 8.37. The van der Waals surface area contributed by atoms with Gasteiger partial charge in [0.15, 0.2) is 47.1 Å². The molecule has 0 spiro atoms. The number of aromatic nitrogens is 6. The number of ketones is 1. The maximum absolute atomic E-state index is 15.9. The van der Waals surface area contributed by atoms with E-state index in [1.165, 1.54) is 28.0 Å². The number of alkyl halides is 1. The highest BCUT2D eigenvalue weighted by molar-refractivity contribution is 8.44. The number of nitrogens with two attached hydrogens (primary N) is 1. The summed E-state index contributed by atoms with van der Waals surface area (Å²) < 4.78 is 79.4. The number of thiol groups is 2. The number of hydrogen-bond donors (Lipinski definition) is 4. The number of anilines is 1. The molecule has 3 aromatic rings. The van der Waals surface area contributed by atoms with Crippen molar-refractivity contribution in [3.05, 3.63) is 28.7 Å². The summed E-state index contributed by atoms with van der Waals surface area (Å²) in [6.45, 7) is -9.49. The van der Waals surface area contributed by atoms with E-state index in [-0.39, 0.29) is 53.9 Å². The molecule has 0 saturated carbocycles. The van der Waals surface area contributed by atoms with Gasteiger partial charge < -0.3 is 15.2 Å². The van der Waals surface area contributed by atoms with Crippen LogP contribution >= 0.6 is 38.1 Å². The van der Waals surface area contributed by atoms with E-state index in [1.807, 2.05) is 0 Å². The second-order valence-electron chi connectivity index (χ2n) is 10.2. The molecule has 236 valence electrons. The first-order chi connectivity index (χ1) is 20.9. The lowest BCUT2D eigenvalue weighted by Gasteiger charge is -2.26. The smallest absolute Gasteiger partial charge is 0.369 e. The maximum Gasteiger partial charge on any atom is 0.386 e. The highest BCUT2D eigenvalue weighted by Crippen LogP contribution is 2.60. The summed E-state index contributed by atoms with van der Waals surface area (Å²) in [6, 6.07) is 0. The van der Waals surface area contributed by atoms with Crippen LogP contribution in [-0.4, -0.2) is 84.9 Å². The minimum Gasteiger partial charge on any atom is -0.369 e. The second-order valence-corrected chi connectivity index (χ2v) is 15.9. The number of ether oxygens (including phenoxy) is 2. The fourth-order valence-electron chi connectivity index (χ4n) is 5.38. The Labute approximate surface area is 256 Å². The van der Waals surface area contributed by atoms with Crippen molar-refractivity contribution in [2.75, 3.05) is 18.9 Å². The number of imidazole rings is 2. The zero-order chi connectivity index (χ0) is 31.0. The molecule has 3 aromatic heterocycles. The average Bonchev–Trinajstić information content (AvgIpc) is 3.72. The molecule has 2 bridgehead atoms. The Bertz CT molecular complexity index is 1840. The maximum atomic E-state index is 15.9. The van der Waals surface area contributed by atoms with Crippen LogP contribution in [0.2, 0.25) is 0 Å². The van der Waals surface area contributed by atoms with E-state index in [1.54, 1.807) is 0 Å². The van der Waals surface area contributed by atoms with Crippen molar-refractivity contribution < 1.29 is 45.9 Å². The van der Waals surface area contributed by atoms with E-state index in [0.29, 0.717) is 0 Å². The SMILES string of the molecule is Nc1nc2c(ncn2[C@@H]2O[C@@H]3COP(=O)(S)O[C@H]4[C@H](F)[C@H](n5cnc6c5N=CCC6=O)O[C@@H]4COP(=O)(S)O[C@@H]2C3)c(=O)[nH]1. The van der Waals surface area contributed by atoms with Gasteiger partial charge in [-0.2, -0.15) is 4.98 Å². The average molecular weight is 693 g/mol. The van der Waals surface area contributed by atoms with E-state index in [0.717, 1.165) is 0 Å². The van der Waals surface area contributed by atoms with Gasteiger partial charge in [0.25, 0.3) is 5.56 Å². The van der Waals surface area contributed by atoms with Crippen molar-refractivity contribution in [2.45, 2.75) is 55.9 Å². The fraction of sp³-hybridized carbons (Fsp3) is 0.524. The van der Waals surface area contributed by atoms with Gasteiger partial charge in [-0.25, -0.2) is 28.5 Å². The van der Waals surface area contributed by atoms with E-state index in [9.17, 15) is 18.7 Å². The number of halogens is 1. The third-order valence-corrected chi connectivity index (χ3v) is 10.5. The normalized spacial score (nSPS) is 37.7. The largest absolute Gasteiger partial charge is 0.386 e. The number of aromatic amines is 1. The number of rotatable bonds is 2. The summed E-state index contributed by atoms with van der Waals surface area (Å²) in [5, 5.41) is 0. The lowest BCUT2D eigenvalue weighted by atomic mass is 10.1. The third kappa shape index (κ3) is 5.48. The molecule has 44 heavy (non-hydrogen) atoms. The monoisotopic (exact) mass is 692 g/mol. The van der Waals surface area contributed by atoms with Crippen LogP contribution in [0, 0.1) is 0 Å². The van der Waals surface area contributed by atoms with Crippen molar-refractivity contribution >= 4 is 73.0 Å². The molecule has 18 nitrogen and oxygen atoms in total. The zero-order valence-electron chi connectivity index (χ0n) is 22.1. The first kappa shape index (κ1) is 30.2. The van der Waals surface area contributed by atoms with Crippen LogP contribution in [0.3, 0.4) is 0 Å². The molecule has 0 amide bonds. The van der Waals surface area contributed by atoms with Gasteiger partial charge in [0.05, 0.1) is 32.0 Å². The molecule has 4 aliphatic heterocycles. The van der Waals surface area contributed by atoms with Gasteiger partial charge in [-0.3, -0.25) is 41.8 Å². The van der Waals surface area contributed by atoms with Gasteiger partial charge in [0, 0.05) is 19.1 Å². The Kier molecular flexibility index (Phi) is 7.63. The van der Waals surface area contributed by atoms with E-state index < -0.39 is 68.8 Å². The minimum atomic E-state index is -4.28. The molecule has 23 heteroatoms.